The lowest BCUT2D eigenvalue weighted by Crippen LogP contribution is -2.46. The number of amides is 2. The molecular formula is C12H15N3O2S. The first kappa shape index (κ1) is 11.6. The number of likely N-dealkylation sites (tertiary alicyclic amines) is 1. The Morgan fingerprint density at radius 2 is 2.17 bits per heavy atom. The van der Waals surface area contributed by atoms with Gasteiger partial charge in [-0.05, 0) is 19.3 Å². The van der Waals surface area contributed by atoms with Gasteiger partial charge in [0.25, 0.3) is 5.91 Å². The van der Waals surface area contributed by atoms with Crippen LogP contribution in [-0.4, -0.2) is 41.3 Å². The molecular weight excluding hydrogens is 250 g/mol. The fourth-order valence-electron chi connectivity index (χ4n) is 2.81. The van der Waals surface area contributed by atoms with Crippen LogP contribution in [0, 0.1) is 5.41 Å². The van der Waals surface area contributed by atoms with Gasteiger partial charge in [0.1, 0.15) is 5.69 Å². The van der Waals surface area contributed by atoms with Crippen LogP contribution >= 0.6 is 11.3 Å². The first-order chi connectivity index (χ1) is 8.71. The molecule has 0 radical (unpaired) electrons. The predicted molar refractivity (Wildman–Crippen MR) is 67.3 cm³/mol. The highest BCUT2D eigenvalue weighted by molar-refractivity contribution is 7.07. The van der Waals surface area contributed by atoms with Gasteiger partial charge in [0.05, 0.1) is 10.9 Å². The van der Waals surface area contributed by atoms with Crippen LogP contribution < -0.4 is 5.32 Å². The zero-order valence-electron chi connectivity index (χ0n) is 10.0. The summed E-state index contributed by atoms with van der Waals surface area (Å²) in [5.74, 6) is 0.160. The summed E-state index contributed by atoms with van der Waals surface area (Å²) in [6, 6.07) is 0. The quantitative estimate of drug-likeness (QED) is 0.820. The van der Waals surface area contributed by atoms with Gasteiger partial charge in [-0.15, -0.1) is 11.3 Å². The van der Waals surface area contributed by atoms with E-state index >= 15 is 0 Å². The molecule has 0 atom stereocenters. The molecule has 1 aromatic heterocycles. The van der Waals surface area contributed by atoms with Crippen molar-refractivity contribution in [3.05, 3.63) is 16.6 Å². The zero-order chi connectivity index (χ0) is 12.6. The monoisotopic (exact) mass is 265 g/mol. The average Bonchev–Trinajstić information content (AvgIpc) is 3.02. The maximum atomic E-state index is 12.1. The third-order valence-corrected chi connectivity index (χ3v) is 4.62. The van der Waals surface area contributed by atoms with E-state index in [4.69, 9.17) is 0 Å². The standard InChI is InChI=1S/C12H15N3O2S/c16-10(9-7-18-8-14-9)15-5-2-12(3-6-15)1-4-13-11(12)17/h7-8H,1-6H2,(H,13,17). The van der Waals surface area contributed by atoms with Crippen LogP contribution in [0.3, 0.4) is 0 Å². The second-order valence-corrected chi connectivity index (χ2v) is 5.67. The molecule has 96 valence electrons. The summed E-state index contributed by atoms with van der Waals surface area (Å²) in [5, 5.41) is 4.67. The number of hydrogen-bond donors (Lipinski definition) is 1. The fourth-order valence-corrected chi connectivity index (χ4v) is 3.34. The molecule has 2 aliphatic rings. The van der Waals surface area contributed by atoms with Gasteiger partial charge in [-0.1, -0.05) is 0 Å². The normalized spacial score (nSPS) is 22.2. The number of nitrogens with one attached hydrogen (secondary N) is 1. The number of rotatable bonds is 1. The molecule has 1 aromatic rings. The summed E-state index contributed by atoms with van der Waals surface area (Å²) in [7, 11) is 0. The van der Waals surface area contributed by atoms with Crippen molar-refractivity contribution < 1.29 is 9.59 Å². The summed E-state index contributed by atoms with van der Waals surface area (Å²) in [4.78, 5) is 29.8. The topological polar surface area (TPSA) is 62.3 Å². The van der Waals surface area contributed by atoms with Crippen LogP contribution in [0.1, 0.15) is 29.8 Å². The van der Waals surface area contributed by atoms with E-state index < -0.39 is 0 Å². The summed E-state index contributed by atoms with van der Waals surface area (Å²) >= 11 is 1.43. The van der Waals surface area contributed by atoms with Crippen molar-refractivity contribution >= 4 is 23.2 Å². The van der Waals surface area contributed by atoms with Gasteiger partial charge >= 0.3 is 0 Å². The SMILES string of the molecule is O=C(c1cscn1)N1CCC2(CCNC2=O)CC1. The van der Waals surface area contributed by atoms with E-state index in [0.717, 1.165) is 25.8 Å². The largest absolute Gasteiger partial charge is 0.356 e. The second kappa shape index (κ2) is 4.35. The molecule has 5 nitrogen and oxygen atoms in total. The lowest BCUT2D eigenvalue weighted by molar-refractivity contribution is -0.129. The molecule has 2 saturated heterocycles. The Morgan fingerprint density at radius 3 is 2.72 bits per heavy atom. The minimum absolute atomic E-state index is 0.00972. The van der Waals surface area contributed by atoms with E-state index in [1.807, 2.05) is 4.90 Å². The summed E-state index contributed by atoms with van der Waals surface area (Å²) < 4.78 is 0. The first-order valence-corrected chi connectivity index (χ1v) is 7.11. The van der Waals surface area contributed by atoms with Crippen molar-refractivity contribution in [2.24, 2.45) is 5.41 Å². The van der Waals surface area contributed by atoms with Gasteiger partial charge < -0.3 is 10.2 Å². The van der Waals surface area contributed by atoms with E-state index in [9.17, 15) is 9.59 Å². The molecule has 18 heavy (non-hydrogen) atoms. The van der Waals surface area contributed by atoms with Crippen molar-refractivity contribution in [1.82, 2.24) is 15.2 Å². The van der Waals surface area contributed by atoms with Crippen LogP contribution in [0.15, 0.2) is 10.9 Å². The highest BCUT2D eigenvalue weighted by atomic mass is 32.1. The number of carbonyl (C=O) groups is 2. The zero-order valence-corrected chi connectivity index (χ0v) is 10.8. The summed E-state index contributed by atoms with van der Waals surface area (Å²) in [6.45, 7) is 2.09. The second-order valence-electron chi connectivity index (χ2n) is 4.95. The highest BCUT2D eigenvalue weighted by Crippen LogP contribution is 2.38. The molecule has 6 heteroatoms. The molecule has 3 heterocycles. The van der Waals surface area contributed by atoms with Gasteiger partial charge in [-0.2, -0.15) is 0 Å². The summed E-state index contributed by atoms with van der Waals surface area (Å²) in [5.41, 5.74) is 1.98. The maximum absolute atomic E-state index is 12.1. The maximum Gasteiger partial charge on any atom is 0.273 e. The fraction of sp³-hybridized carbons (Fsp3) is 0.583. The third kappa shape index (κ3) is 1.80. The van der Waals surface area contributed by atoms with Gasteiger partial charge in [-0.25, -0.2) is 4.98 Å². The Morgan fingerprint density at radius 1 is 1.39 bits per heavy atom. The minimum atomic E-state index is -0.209. The van der Waals surface area contributed by atoms with Crippen molar-refractivity contribution in [2.75, 3.05) is 19.6 Å². The number of nitrogens with zero attached hydrogens (tertiary/aromatic N) is 2. The van der Waals surface area contributed by atoms with Crippen molar-refractivity contribution in [3.8, 4) is 0 Å². The predicted octanol–water partition coefficient (Wildman–Crippen LogP) is 0.885. The lowest BCUT2D eigenvalue weighted by Gasteiger charge is -2.37. The van der Waals surface area contributed by atoms with Gasteiger partial charge in [-0.3, -0.25) is 9.59 Å². The molecule has 0 unspecified atom stereocenters. The van der Waals surface area contributed by atoms with Crippen LogP contribution in [0.25, 0.3) is 0 Å². The number of piperidine rings is 1. The summed E-state index contributed by atoms with van der Waals surface area (Å²) in [6.07, 6.45) is 2.45. The first-order valence-electron chi connectivity index (χ1n) is 6.17. The van der Waals surface area contributed by atoms with Crippen molar-refractivity contribution in [3.63, 3.8) is 0 Å². The minimum Gasteiger partial charge on any atom is -0.356 e. The van der Waals surface area contributed by atoms with Crippen molar-refractivity contribution in [1.29, 1.82) is 0 Å². The van der Waals surface area contributed by atoms with Crippen LogP contribution in [0.4, 0.5) is 0 Å². The van der Waals surface area contributed by atoms with E-state index in [0.29, 0.717) is 18.8 Å². The molecule has 0 aromatic carbocycles. The van der Waals surface area contributed by atoms with E-state index in [-0.39, 0.29) is 17.2 Å². The van der Waals surface area contributed by atoms with E-state index in [2.05, 4.69) is 10.3 Å². The molecule has 2 aliphatic heterocycles. The molecule has 1 spiro atoms. The third-order valence-electron chi connectivity index (χ3n) is 4.03. The van der Waals surface area contributed by atoms with Crippen LogP contribution in [-0.2, 0) is 4.79 Å². The van der Waals surface area contributed by atoms with Gasteiger partial charge in [0.15, 0.2) is 0 Å². The molecule has 0 bridgehead atoms. The molecule has 0 aliphatic carbocycles. The smallest absolute Gasteiger partial charge is 0.273 e. The van der Waals surface area contributed by atoms with Gasteiger partial charge in [0.2, 0.25) is 5.91 Å². The molecule has 2 amide bonds. The Labute approximate surface area is 109 Å². The molecule has 1 N–H and O–H groups in total. The van der Waals surface area contributed by atoms with Gasteiger partial charge in [0, 0.05) is 25.0 Å². The lowest BCUT2D eigenvalue weighted by atomic mass is 9.77. The van der Waals surface area contributed by atoms with Crippen LogP contribution in [0.2, 0.25) is 0 Å². The Kier molecular flexibility index (Phi) is 2.81. The number of aromatic nitrogens is 1. The van der Waals surface area contributed by atoms with E-state index in [1.165, 1.54) is 11.3 Å². The Hall–Kier alpha value is -1.43. The van der Waals surface area contributed by atoms with Crippen molar-refractivity contribution in [2.45, 2.75) is 19.3 Å². The number of hydrogen-bond acceptors (Lipinski definition) is 4. The van der Waals surface area contributed by atoms with Crippen LogP contribution in [0.5, 0.6) is 0 Å². The Balaban J connectivity index is 1.67. The molecule has 3 rings (SSSR count). The molecule has 0 saturated carbocycles. The van der Waals surface area contributed by atoms with E-state index in [1.54, 1.807) is 10.9 Å². The highest BCUT2D eigenvalue weighted by Gasteiger charge is 2.45. The number of thiazole rings is 1. The Bertz CT molecular complexity index is 464. The molecule has 2 fully saturated rings. The number of carbonyl (C=O) groups excluding carboxylic acids is 2. The average molecular weight is 265 g/mol.